The largest absolute Gasteiger partial charge is 0.378 e. The number of amides is 1. The van der Waals surface area contributed by atoms with Gasteiger partial charge in [0.05, 0.1) is 29.6 Å². The molecule has 1 aliphatic heterocycles. The number of nitrogens with zero attached hydrogens (tertiary/aromatic N) is 1. The van der Waals surface area contributed by atoms with Crippen LogP contribution in [-0.2, 0) is 4.74 Å². The summed E-state index contributed by atoms with van der Waals surface area (Å²) in [6.45, 7) is 2.82. The second-order valence-electron chi connectivity index (χ2n) is 6.25. The number of hydrogen-bond donors (Lipinski definition) is 1. The zero-order valence-electron chi connectivity index (χ0n) is 14.2. The lowest BCUT2D eigenvalue weighted by Gasteiger charge is -2.31. The van der Waals surface area contributed by atoms with Crippen LogP contribution in [0.4, 0.5) is 11.4 Å². The van der Waals surface area contributed by atoms with Gasteiger partial charge in [0, 0.05) is 18.7 Å². The summed E-state index contributed by atoms with van der Waals surface area (Å²) < 4.78 is 5.42. The van der Waals surface area contributed by atoms with Crippen molar-refractivity contribution >= 4 is 39.7 Å². The summed E-state index contributed by atoms with van der Waals surface area (Å²) in [5.41, 5.74) is 2.20. The Labute approximate surface area is 157 Å². The molecule has 1 amide bonds. The van der Waals surface area contributed by atoms with E-state index in [1.807, 2.05) is 60.7 Å². The van der Waals surface area contributed by atoms with E-state index in [0.29, 0.717) is 23.8 Å². The van der Waals surface area contributed by atoms with Gasteiger partial charge in [0.25, 0.3) is 5.91 Å². The molecule has 4 nitrogen and oxygen atoms in total. The summed E-state index contributed by atoms with van der Waals surface area (Å²) in [5.74, 6) is -0.146. The number of fused-ring (bicyclic) bond motifs is 1. The molecule has 132 valence electrons. The van der Waals surface area contributed by atoms with E-state index in [-0.39, 0.29) is 5.91 Å². The molecule has 1 fully saturated rings. The van der Waals surface area contributed by atoms with Gasteiger partial charge in [-0.1, -0.05) is 48.0 Å². The van der Waals surface area contributed by atoms with Gasteiger partial charge in [0.1, 0.15) is 0 Å². The smallest absolute Gasteiger partial charge is 0.255 e. The number of carbonyl (C=O) groups excluding carboxylic acids is 1. The maximum absolute atomic E-state index is 12.8. The highest BCUT2D eigenvalue weighted by Crippen LogP contribution is 2.34. The van der Waals surface area contributed by atoms with Crippen LogP contribution >= 0.6 is 11.6 Å². The van der Waals surface area contributed by atoms with Gasteiger partial charge in [-0.15, -0.1) is 0 Å². The first kappa shape index (κ1) is 16.9. The average molecular weight is 367 g/mol. The topological polar surface area (TPSA) is 41.6 Å². The van der Waals surface area contributed by atoms with E-state index in [1.165, 1.54) is 0 Å². The Balaban J connectivity index is 1.63. The Hall–Kier alpha value is -2.56. The fourth-order valence-electron chi connectivity index (χ4n) is 3.25. The quantitative estimate of drug-likeness (QED) is 0.737. The number of hydrogen-bond acceptors (Lipinski definition) is 3. The van der Waals surface area contributed by atoms with Crippen molar-refractivity contribution in [1.82, 2.24) is 0 Å². The van der Waals surface area contributed by atoms with Crippen molar-refractivity contribution in [3.05, 3.63) is 71.2 Å². The van der Waals surface area contributed by atoms with Crippen molar-refractivity contribution in [2.24, 2.45) is 0 Å². The van der Waals surface area contributed by atoms with Crippen molar-refractivity contribution in [2.45, 2.75) is 0 Å². The monoisotopic (exact) mass is 366 g/mol. The lowest BCUT2D eigenvalue weighted by atomic mass is 10.1. The molecular weight excluding hydrogens is 348 g/mol. The Kier molecular flexibility index (Phi) is 4.78. The molecule has 0 radical (unpaired) electrons. The summed E-state index contributed by atoms with van der Waals surface area (Å²) >= 11 is 6.44. The minimum atomic E-state index is -0.146. The number of ether oxygens (including phenoxy) is 1. The number of benzene rings is 3. The minimum absolute atomic E-state index is 0.146. The van der Waals surface area contributed by atoms with Gasteiger partial charge in [-0.2, -0.15) is 0 Å². The van der Waals surface area contributed by atoms with Gasteiger partial charge in [-0.05, 0) is 35.0 Å². The van der Waals surface area contributed by atoms with Crippen LogP contribution in [0.5, 0.6) is 0 Å². The van der Waals surface area contributed by atoms with Crippen LogP contribution in [0.2, 0.25) is 5.02 Å². The highest BCUT2D eigenvalue weighted by atomic mass is 35.5. The van der Waals surface area contributed by atoms with Crippen LogP contribution in [-0.4, -0.2) is 32.2 Å². The minimum Gasteiger partial charge on any atom is -0.378 e. The highest BCUT2D eigenvalue weighted by molar-refractivity contribution is 6.34. The molecule has 0 aromatic heterocycles. The molecule has 4 rings (SSSR count). The Morgan fingerprint density at radius 1 is 0.962 bits per heavy atom. The Morgan fingerprint density at radius 2 is 1.73 bits per heavy atom. The second-order valence-corrected chi connectivity index (χ2v) is 6.66. The predicted octanol–water partition coefficient (Wildman–Crippen LogP) is 4.58. The van der Waals surface area contributed by atoms with Gasteiger partial charge in [-0.25, -0.2) is 0 Å². The van der Waals surface area contributed by atoms with E-state index in [1.54, 1.807) is 0 Å². The molecule has 1 saturated heterocycles. The third kappa shape index (κ3) is 3.39. The third-order valence-electron chi connectivity index (χ3n) is 4.57. The molecule has 1 heterocycles. The lowest BCUT2D eigenvalue weighted by molar-refractivity contribution is 0.102. The van der Waals surface area contributed by atoms with Crippen molar-refractivity contribution in [1.29, 1.82) is 0 Å². The van der Waals surface area contributed by atoms with Gasteiger partial charge >= 0.3 is 0 Å². The van der Waals surface area contributed by atoms with Crippen molar-refractivity contribution in [3.8, 4) is 0 Å². The van der Waals surface area contributed by atoms with E-state index in [9.17, 15) is 4.79 Å². The zero-order chi connectivity index (χ0) is 17.9. The fourth-order valence-corrected chi connectivity index (χ4v) is 3.54. The first-order chi connectivity index (χ1) is 12.7. The van der Waals surface area contributed by atoms with Crippen LogP contribution in [0.25, 0.3) is 10.8 Å². The third-order valence-corrected chi connectivity index (χ3v) is 4.88. The summed E-state index contributed by atoms with van der Waals surface area (Å²) in [5, 5.41) is 5.80. The van der Waals surface area contributed by atoms with Crippen LogP contribution in [0.15, 0.2) is 60.7 Å². The number of carbonyl (C=O) groups is 1. The van der Waals surface area contributed by atoms with Crippen molar-refractivity contribution in [2.75, 3.05) is 36.5 Å². The van der Waals surface area contributed by atoms with E-state index in [0.717, 1.165) is 35.2 Å². The maximum atomic E-state index is 12.8. The van der Waals surface area contributed by atoms with Crippen molar-refractivity contribution < 1.29 is 9.53 Å². The maximum Gasteiger partial charge on any atom is 0.255 e. The molecule has 0 spiro atoms. The molecule has 0 atom stereocenters. The molecule has 1 N–H and O–H groups in total. The highest BCUT2D eigenvalue weighted by Gasteiger charge is 2.19. The SMILES string of the molecule is O=C(Nc1cccc(Cl)c1N1CCOCC1)c1ccc2ccccc2c1. The lowest BCUT2D eigenvalue weighted by Crippen LogP contribution is -2.37. The summed E-state index contributed by atoms with van der Waals surface area (Å²) in [7, 11) is 0. The average Bonchev–Trinajstić information content (AvgIpc) is 2.68. The van der Waals surface area contributed by atoms with E-state index in [2.05, 4.69) is 10.2 Å². The molecule has 5 heteroatoms. The second kappa shape index (κ2) is 7.36. The van der Waals surface area contributed by atoms with E-state index in [4.69, 9.17) is 16.3 Å². The predicted molar refractivity (Wildman–Crippen MR) is 106 cm³/mol. The number of rotatable bonds is 3. The van der Waals surface area contributed by atoms with Gasteiger partial charge in [0.2, 0.25) is 0 Å². The standard InChI is InChI=1S/C21H19ClN2O2/c22-18-6-3-7-19(20(18)24-10-12-26-13-11-24)23-21(25)17-9-8-15-4-1-2-5-16(15)14-17/h1-9,14H,10-13H2,(H,23,25). The number of anilines is 2. The molecule has 3 aromatic carbocycles. The number of morpholine rings is 1. The molecule has 0 saturated carbocycles. The Bertz CT molecular complexity index is 952. The molecule has 0 aliphatic carbocycles. The summed E-state index contributed by atoms with van der Waals surface area (Å²) in [6.07, 6.45) is 0. The first-order valence-corrected chi connectivity index (χ1v) is 9.01. The summed E-state index contributed by atoms with van der Waals surface area (Å²) in [6, 6.07) is 19.3. The number of nitrogens with one attached hydrogen (secondary N) is 1. The molecule has 26 heavy (non-hydrogen) atoms. The number of halogens is 1. The number of para-hydroxylation sites is 1. The summed E-state index contributed by atoms with van der Waals surface area (Å²) in [4.78, 5) is 15.0. The van der Waals surface area contributed by atoms with Crippen LogP contribution in [0, 0.1) is 0 Å². The van der Waals surface area contributed by atoms with Crippen molar-refractivity contribution in [3.63, 3.8) is 0 Å². The van der Waals surface area contributed by atoms with Gasteiger partial charge in [0.15, 0.2) is 0 Å². The van der Waals surface area contributed by atoms with E-state index < -0.39 is 0 Å². The molecular formula is C21H19ClN2O2. The van der Waals surface area contributed by atoms with Crippen LogP contribution in [0.3, 0.4) is 0 Å². The van der Waals surface area contributed by atoms with Crippen LogP contribution in [0.1, 0.15) is 10.4 Å². The van der Waals surface area contributed by atoms with E-state index >= 15 is 0 Å². The normalized spacial score (nSPS) is 14.4. The Morgan fingerprint density at radius 3 is 2.54 bits per heavy atom. The zero-order valence-corrected chi connectivity index (χ0v) is 15.0. The molecule has 0 bridgehead atoms. The van der Waals surface area contributed by atoms with Crippen LogP contribution < -0.4 is 10.2 Å². The molecule has 1 aliphatic rings. The van der Waals surface area contributed by atoms with Gasteiger partial charge < -0.3 is 15.0 Å². The fraction of sp³-hybridized carbons (Fsp3) is 0.190. The first-order valence-electron chi connectivity index (χ1n) is 8.64. The van der Waals surface area contributed by atoms with Gasteiger partial charge in [-0.3, -0.25) is 4.79 Å². The molecule has 0 unspecified atom stereocenters. The molecule has 3 aromatic rings.